The number of anilines is 1. The molecule has 0 saturated carbocycles. The van der Waals surface area contributed by atoms with Crippen molar-refractivity contribution in [3.05, 3.63) is 24.0 Å². The zero-order valence-electron chi connectivity index (χ0n) is 13.0. The number of rotatable bonds is 3. The average Bonchev–Trinajstić information content (AvgIpc) is 2.56. The summed E-state index contributed by atoms with van der Waals surface area (Å²) >= 11 is 0. The van der Waals surface area contributed by atoms with Crippen LogP contribution in [-0.4, -0.2) is 62.9 Å². The summed E-state index contributed by atoms with van der Waals surface area (Å²) in [6, 6.07) is 4.85. The van der Waals surface area contributed by atoms with E-state index >= 15 is 0 Å². The highest BCUT2D eigenvalue weighted by molar-refractivity contribution is 5.42. The summed E-state index contributed by atoms with van der Waals surface area (Å²) in [6.45, 7) is 4.54. The van der Waals surface area contributed by atoms with Crippen LogP contribution in [0.15, 0.2) is 18.3 Å². The topological polar surface area (TPSA) is 37.8 Å². The van der Waals surface area contributed by atoms with Gasteiger partial charge in [0, 0.05) is 46.4 Å². The molecule has 3 heterocycles. The molecule has 1 aromatic rings. The van der Waals surface area contributed by atoms with E-state index in [0.717, 1.165) is 57.1 Å². The van der Waals surface area contributed by atoms with Crippen molar-refractivity contribution in [2.45, 2.75) is 25.0 Å². The van der Waals surface area contributed by atoms with Gasteiger partial charge in [-0.2, -0.15) is 0 Å². The summed E-state index contributed by atoms with van der Waals surface area (Å²) < 4.78 is 11.4. The highest BCUT2D eigenvalue weighted by atomic mass is 16.5. The van der Waals surface area contributed by atoms with Gasteiger partial charge in [0.1, 0.15) is 6.10 Å². The molecule has 0 radical (unpaired) electrons. The van der Waals surface area contributed by atoms with Gasteiger partial charge in [0.15, 0.2) is 0 Å². The molecular weight excluding hydrogens is 266 g/mol. The van der Waals surface area contributed by atoms with Gasteiger partial charge in [0.25, 0.3) is 0 Å². The third-order valence-corrected chi connectivity index (χ3v) is 4.42. The number of ether oxygens (including phenoxy) is 2. The normalized spacial score (nSPS) is 25.0. The van der Waals surface area contributed by atoms with Crippen LogP contribution in [0.25, 0.3) is 0 Å². The maximum absolute atomic E-state index is 5.94. The summed E-state index contributed by atoms with van der Waals surface area (Å²) in [7, 11) is 4.06. The fourth-order valence-corrected chi connectivity index (χ4v) is 3.08. The number of aromatic nitrogens is 1. The van der Waals surface area contributed by atoms with E-state index in [2.05, 4.69) is 26.9 Å². The van der Waals surface area contributed by atoms with E-state index in [9.17, 15) is 0 Å². The Bertz CT molecular complexity index is 443. The predicted molar refractivity (Wildman–Crippen MR) is 82.7 cm³/mol. The van der Waals surface area contributed by atoms with Gasteiger partial charge in [-0.25, -0.2) is 0 Å². The molecule has 0 bridgehead atoms. The molecule has 3 rings (SSSR count). The van der Waals surface area contributed by atoms with Gasteiger partial charge < -0.3 is 14.4 Å². The van der Waals surface area contributed by atoms with E-state index in [1.165, 1.54) is 0 Å². The first-order valence-corrected chi connectivity index (χ1v) is 7.81. The quantitative estimate of drug-likeness (QED) is 0.847. The van der Waals surface area contributed by atoms with Gasteiger partial charge in [-0.3, -0.25) is 9.88 Å². The van der Waals surface area contributed by atoms with Crippen LogP contribution >= 0.6 is 0 Å². The molecule has 2 aliphatic rings. The van der Waals surface area contributed by atoms with Gasteiger partial charge in [0.05, 0.1) is 24.2 Å². The Kier molecular flexibility index (Phi) is 4.73. The monoisotopic (exact) mass is 291 g/mol. The molecule has 1 aromatic heterocycles. The van der Waals surface area contributed by atoms with E-state index in [-0.39, 0.29) is 6.10 Å². The third-order valence-electron chi connectivity index (χ3n) is 4.42. The van der Waals surface area contributed by atoms with Crippen LogP contribution in [0.1, 0.15) is 24.6 Å². The van der Waals surface area contributed by atoms with Crippen LogP contribution in [0.5, 0.6) is 0 Å². The summed E-state index contributed by atoms with van der Waals surface area (Å²) in [6.07, 6.45) is 4.30. The number of pyridine rings is 1. The zero-order chi connectivity index (χ0) is 14.7. The number of hydrogen-bond donors (Lipinski definition) is 0. The second kappa shape index (κ2) is 6.73. The second-order valence-corrected chi connectivity index (χ2v) is 6.03. The van der Waals surface area contributed by atoms with Crippen LogP contribution in [0.2, 0.25) is 0 Å². The first-order valence-electron chi connectivity index (χ1n) is 7.81. The fourth-order valence-electron chi connectivity index (χ4n) is 3.08. The lowest BCUT2D eigenvalue weighted by atomic mass is 10.0. The molecule has 0 N–H and O–H groups in total. The number of hydrogen-bond acceptors (Lipinski definition) is 5. The van der Waals surface area contributed by atoms with Crippen molar-refractivity contribution in [3.63, 3.8) is 0 Å². The van der Waals surface area contributed by atoms with Crippen LogP contribution in [0.4, 0.5) is 5.69 Å². The molecule has 116 valence electrons. The van der Waals surface area contributed by atoms with E-state index in [4.69, 9.17) is 9.47 Å². The van der Waals surface area contributed by atoms with Crippen molar-refractivity contribution in [1.82, 2.24) is 9.88 Å². The van der Waals surface area contributed by atoms with Crippen LogP contribution < -0.4 is 4.90 Å². The van der Waals surface area contributed by atoms with Gasteiger partial charge in [-0.05, 0) is 25.0 Å². The van der Waals surface area contributed by atoms with Crippen LogP contribution in [0.3, 0.4) is 0 Å². The molecule has 2 saturated heterocycles. The Hall–Kier alpha value is -1.17. The molecule has 5 nitrogen and oxygen atoms in total. The highest BCUT2D eigenvalue weighted by Gasteiger charge is 2.29. The lowest BCUT2D eigenvalue weighted by Crippen LogP contribution is -2.47. The Morgan fingerprint density at radius 3 is 2.67 bits per heavy atom. The number of morpholine rings is 1. The Balaban J connectivity index is 1.64. The van der Waals surface area contributed by atoms with Crippen LogP contribution in [-0.2, 0) is 9.47 Å². The van der Waals surface area contributed by atoms with Crippen molar-refractivity contribution in [2.75, 3.05) is 51.9 Å². The molecule has 0 unspecified atom stereocenters. The SMILES string of the molecule is CN(C)c1ccc([C@@H]2CN(C3CCOCC3)CCO2)nc1. The van der Waals surface area contributed by atoms with Crippen molar-refractivity contribution in [1.29, 1.82) is 0 Å². The summed E-state index contributed by atoms with van der Waals surface area (Å²) in [5.41, 5.74) is 2.16. The maximum Gasteiger partial charge on any atom is 0.112 e. The molecule has 1 atom stereocenters. The van der Waals surface area contributed by atoms with Crippen molar-refractivity contribution in [3.8, 4) is 0 Å². The van der Waals surface area contributed by atoms with Gasteiger partial charge in [-0.15, -0.1) is 0 Å². The average molecular weight is 291 g/mol. The van der Waals surface area contributed by atoms with E-state index in [1.54, 1.807) is 0 Å². The lowest BCUT2D eigenvalue weighted by Gasteiger charge is -2.39. The summed E-state index contributed by atoms with van der Waals surface area (Å²) in [5, 5.41) is 0. The van der Waals surface area contributed by atoms with Gasteiger partial charge in [0.2, 0.25) is 0 Å². The molecule has 2 fully saturated rings. The Morgan fingerprint density at radius 2 is 2.00 bits per heavy atom. The van der Waals surface area contributed by atoms with E-state index in [0.29, 0.717) is 6.04 Å². The minimum atomic E-state index is 0.0952. The second-order valence-electron chi connectivity index (χ2n) is 6.03. The number of nitrogens with zero attached hydrogens (tertiary/aromatic N) is 3. The predicted octanol–water partition coefficient (Wildman–Crippen LogP) is 1.70. The van der Waals surface area contributed by atoms with Gasteiger partial charge in [-0.1, -0.05) is 0 Å². The minimum absolute atomic E-state index is 0.0952. The summed E-state index contributed by atoms with van der Waals surface area (Å²) in [5.74, 6) is 0. The van der Waals surface area contributed by atoms with Crippen LogP contribution in [0, 0.1) is 0 Å². The lowest BCUT2D eigenvalue weighted by molar-refractivity contribution is -0.0647. The van der Waals surface area contributed by atoms with Crippen molar-refractivity contribution < 1.29 is 9.47 Å². The maximum atomic E-state index is 5.94. The summed E-state index contributed by atoms with van der Waals surface area (Å²) in [4.78, 5) is 9.20. The molecule has 2 aliphatic heterocycles. The highest BCUT2D eigenvalue weighted by Crippen LogP contribution is 2.25. The Morgan fingerprint density at radius 1 is 1.19 bits per heavy atom. The molecule has 0 spiro atoms. The van der Waals surface area contributed by atoms with Crippen molar-refractivity contribution >= 4 is 5.69 Å². The third kappa shape index (κ3) is 3.54. The Labute approximate surface area is 126 Å². The molecule has 0 amide bonds. The standard InChI is InChI=1S/C16H25N3O2/c1-18(2)14-3-4-15(17-11-14)16-12-19(7-10-21-16)13-5-8-20-9-6-13/h3-4,11,13,16H,5-10,12H2,1-2H3/t16-/m0/s1. The van der Waals surface area contributed by atoms with Gasteiger partial charge >= 0.3 is 0 Å². The largest absolute Gasteiger partial charge is 0.381 e. The fraction of sp³-hybridized carbons (Fsp3) is 0.688. The molecule has 21 heavy (non-hydrogen) atoms. The first kappa shape index (κ1) is 14.8. The smallest absolute Gasteiger partial charge is 0.112 e. The molecule has 0 aliphatic carbocycles. The van der Waals surface area contributed by atoms with E-state index in [1.807, 2.05) is 20.3 Å². The minimum Gasteiger partial charge on any atom is -0.381 e. The first-order chi connectivity index (χ1) is 10.2. The molecule has 5 heteroatoms. The molecular formula is C16H25N3O2. The zero-order valence-corrected chi connectivity index (χ0v) is 13.0. The van der Waals surface area contributed by atoms with E-state index < -0.39 is 0 Å². The molecule has 0 aromatic carbocycles. The van der Waals surface area contributed by atoms with Crippen molar-refractivity contribution in [2.24, 2.45) is 0 Å².